The lowest BCUT2D eigenvalue weighted by molar-refractivity contribution is -0.131. The Morgan fingerprint density at radius 3 is 2.78 bits per heavy atom. The van der Waals surface area contributed by atoms with Crippen molar-refractivity contribution in [1.82, 2.24) is 4.90 Å². The van der Waals surface area contributed by atoms with Gasteiger partial charge in [0.2, 0.25) is 5.91 Å². The minimum Gasteiger partial charge on any atom is -0.342 e. The molecular formula is C14H17BrClNO. The summed E-state index contributed by atoms with van der Waals surface area (Å²) < 4.78 is 0.960. The molecule has 0 saturated carbocycles. The van der Waals surface area contributed by atoms with Gasteiger partial charge in [0.25, 0.3) is 0 Å². The van der Waals surface area contributed by atoms with Crippen LogP contribution >= 0.6 is 27.5 Å². The molecule has 4 heteroatoms. The Bertz CT molecular complexity index is 441. The molecule has 0 N–H and O–H groups in total. The van der Waals surface area contributed by atoms with Crippen molar-refractivity contribution in [3.63, 3.8) is 0 Å². The number of amides is 1. The van der Waals surface area contributed by atoms with E-state index in [0.29, 0.717) is 11.4 Å². The zero-order chi connectivity index (χ0) is 13.1. The molecule has 98 valence electrons. The first kappa shape index (κ1) is 13.9. The molecule has 2 nitrogen and oxygen atoms in total. The zero-order valence-electron chi connectivity index (χ0n) is 10.5. The number of hydrogen-bond acceptors (Lipinski definition) is 1. The van der Waals surface area contributed by atoms with Crippen LogP contribution in [0.25, 0.3) is 0 Å². The van der Waals surface area contributed by atoms with Gasteiger partial charge in [0.05, 0.1) is 6.42 Å². The predicted molar refractivity (Wildman–Crippen MR) is 77.8 cm³/mol. The number of likely N-dealkylation sites (tertiary alicyclic amines) is 1. The summed E-state index contributed by atoms with van der Waals surface area (Å²) in [6, 6.07) is 5.64. The first-order valence-corrected chi connectivity index (χ1v) is 7.45. The van der Waals surface area contributed by atoms with E-state index in [1.165, 1.54) is 0 Å². The predicted octanol–water partition coefficient (Wildman–Crippen LogP) is 3.90. The molecule has 0 aromatic heterocycles. The summed E-state index contributed by atoms with van der Waals surface area (Å²) in [5.41, 5.74) is 0.898. The van der Waals surface area contributed by atoms with Crippen molar-refractivity contribution in [3.05, 3.63) is 33.3 Å². The number of halogens is 2. The summed E-state index contributed by atoms with van der Waals surface area (Å²) in [5.74, 6) is 0.922. The molecule has 0 bridgehead atoms. The van der Waals surface area contributed by atoms with Crippen LogP contribution in [0.3, 0.4) is 0 Å². The maximum Gasteiger partial charge on any atom is 0.227 e. The van der Waals surface area contributed by atoms with E-state index in [0.717, 1.165) is 41.9 Å². The van der Waals surface area contributed by atoms with Crippen molar-refractivity contribution < 1.29 is 4.79 Å². The van der Waals surface area contributed by atoms with E-state index < -0.39 is 0 Å². The van der Waals surface area contributed by atoms with Crippen molar-refractivity contribution in [2.24, 2.45) is 5.92 Å². The van der Waals surface area contributed by atoms with Gasteiger partial charge in [0.15, 0.2) is 0 Å². The van der Waals surface area contributed by atoms with E-state index >= 15 is 0 Å². The van der Waals surface area contributed by atoms with Gasteiger partial charge in [-0.05, 0) is 42.5 Å². The Kier molecular flexibility index (Phi) is 4.68. The highest BCUT2D eigenvalue weighted by atomic mass is 79.9. The van der Waals surface area contributed by atoms with Gasteiger partial charge in [-0.3, -0.25) is 4.79 Å². The molecule has 0 aliphatic carbocycles. The lowest BCUT2D eigenvalue weighted by Crippen LogP contribution is -2.38. The van der Waals surface area contributed by atoms with Crippen LogP contribution in [0.1, 0.15) is 25.3 Å². The van der Waals surface area contributed by atoms with E-state index in [-0.39, 0.29) is 5.91 Å². The molecule has 2 rings (SSSR count). The Labute approximate surface area is 121 Å². The van der Waals surface area contributed by atoms with Gasteiger partial charge in [0.1, 0.15) is 0 Å². The molecule has 1 aliphatic rings. The van der Waals surface area contributed by atoms with Crippen molar-refractivity contribution in [1.29, 1.82) is 0 Å². The molecule has 0 spiro atoms. The maximum atomic E-state index is 12.2. The lowest BCUT2D eigenvalue weighted by Gasteiger charge is -2.30. The second-order valence-electron chi connectivity index (χ2n) is 4.98. The maximum absolute atomic E-state index is 12.2. The molecule has 0 atom stereocenters. The van der Waals surface area contributed by atoms with Gasteiger partial charge < -0.3 is 4.90 Å². The average Bonchev–Trinajstić information content (AvgIpc) is 2.34. The van der Waals surface area contributed by atoms with E-state index in [9.17, 15) is 4.79 Å². The molecule has 18 heavy (non-hydrogen) atoms. The summed E-state index contributed by atoms with van der Waals surface area (Å²) in [6.07, 6.45) is 2.61. The number of benzene rings is 1. The van der Waals surface area contributed by atoms with Crippen LogP contribution in [0.15, 0.2) is 22.7 Å². The Morgan fingerprint density at radius 1 is 1.44 bits per heavy atom. The standard InChI is InChI=1S/C14H17BrClNO/c1-10-4-6-17(7-5-10)14(18)9-11-8-12(15)2-3-13(11)16/h2-3,8,10H,4-7,9H2,1H3. The summed E-state index contributed by atoms with van der Waals surface area (Å²) >= 11 is 9.52. The average molecular weight is 331 g/mol. The molecule has 1 saturated heterocycles. The van der Waals surface area contributed by atoms with Gasteiger partial charge in [-0.1, -0.05) is 34.5 Å². The third-order valence-corrected chi connectivity index (χ3v) is 4.35. The third-order valence-electron chi connectivity index (χ3n) is 3.49. The molecule has 1 aromatic carbocycles. The van der Waals surface area contributed by atoms with Crippen LogP contribution in [0.5, 0.6) is 0 Å². The van der Waals surface area contributed by atoms with Crippen LogP contribution in [0, 0.1) is 5.92 Å². The molecular weight excluding hydrogens is 314 g/mol. The number of carbonyl (C=O) groups is 1. The molecule has 1 heterocycles. The van der Waals surface area contributed by atoms with E-state index in [1.807, 2.05) is 23.1 Å². The largest absolute Gasteiger partial charge is 0.342 e. The minimum atomic E-state index is 0.182. The summed E-state index contributed by atoms with van der Waals surface area (Å²) in [5, 5.41) is 0.664. The molecule has 1 aromatic rings. The first-order chi connectivity index (χ1) is 8.56. The number of rotatable bonds is 2. The van der Waals surface area contributed by atoms with Gasteiger partial charge in [-0.2, -0.15) is 0 Å². The molecule has 1 fully saturated rings. The second kappa shape index (κ2) is 6.07. The Morgan fingerprint density at radius 2 is 2.11 bits per heavy atom. The summed E-state index contributed by atoms with van der Waals surface area (Å²) in [4.78, 5) is 14.1. The quantitative estimate of drug-likeness (QED) is 0.805. The van der Waals surface area contributed by atoms with E-state index in [4.69, 9.17) is 11.6 Å². The topological polar surface area (TPSA) is 20.3 Å². The summed E-state index contributed by atoms with van der Waals surface area (Å²) in [6.45, 7) is 4.00. The first-order valence-electron chi connectivity index (χ1n) is 6.28. The van der Waals surface area contributed by atoms with Crippen LogP contribution in [0.4, 0.5) is 0 Å². The monoisotopic (exact) mass is 329 g/mol. The van der Waals surface area contributed by atoms with Gasteiger partial charge in [0, 0.05) is 22.6 Å². The fourth-order valence-electron chi connectivity index (χ4n) is 2.21. The van der Waals surface area contributed by atoms with E-state index in [1.54, 1.807) is 0 Å². The second-order valence-corrected chi connectivity index (χ2v) is 6.30. The van der Waals surface area contributed by atoms with Crippen molar-refractivity contribution >= 4 is 33.4 Å². The zero-order valence-corrected chi connectivity index (χ0v) is 12.8. The fraction of sp³-hybridized carbons (Fsp3) is 0.500. The number of nitrogens with zero attached hydrogens (tertiary/aromatic N) is 1. The Balaban J connectivity index is 2.00. The van der Waals surface area contributed by atoms with Crippen molar-refractivity contribution in [2.45, 2.75) is 26.2 Å². The third kappa shape index (κ3) is 3.48. The summed E-state index contributed by atoms with van der Waals surface area (Å²) in [7, 11) is 0. The number of piperidine rings is 1. The van der Waals surface area contributed by atoms with E-state index in [2.05, 4.69) is 22.9 Å². The van der Waals surface area contributed by atoms with Crippen molar-refractivity contribution in [2.75, 3.05) is 13.1 Å². The van der Waals surface area contributed by atoms with Gasteiger partial charge in [-0.15, -0.1) is 0 Å². The molecule has 0 unspecified atom stereocenters. The highest BCUT2D eigenvalue weighted by molar-refractivity contribution is 9.10. The number of carbonyl (C=O) groups excluding carboxylic acids is 1. The fourth-order valence-corrected chi connectivity index (χ4v) is 2.80. The lowest BCUT2D eigenvalue weighted by atomic mass is 9.98. The van der Waals surface area contributed by atoms with Crippen LogP contribution in [-0.2, 0) is 11.2 Å². The van der Waals surface area contributed by atoms with Crippen molar-refractivity contribution in [3.8, 4) is 0 Å². The van der Waals surface area contributed by atoms with Gasteiger partial charge in [-0.25, -0.2) is 0 Å². The molecule has 1 aliphatic heterocycles. The minimum absolute atomic E-state index is 0.182. The SMILES string of the molecule is CC1CCN(C(=O)Cc2cc(Br)ccc2Cl)CC1. The number of hydrogen-bond donors (Lipinski definition) is 0. The van der Waals surface area contributed by atoms with Crippen LogP contribution < -0.4 is 0 Å². The highest BCUT2D eigenvalue weighted by Crippen LogP contribution is 2.23. The van der Waals surface area contributed by atoms with Crippen LogP contribution in [0.2, 0.25) is 5.02 Å². The molecule has 0 radical (unpaired) electrons. The van der Waals surface area contributed by atoms with Crippen LogP contribution in [-0.4, -0.2) is 23.9 Å². The smallest absolute Gasteiger partial charge is 0.227 e. The molecule has 1 amide bonds. The Hall–Kier alpha value is -0.540. The highest BCUT2D eigenvalue weighted by Gasteiger charge is 2.20. The van der Waals surface area contributed by atoms with Gasteiger partial charge >= 0.3 is 0 Å². The normalized spacial score (nSPS) is 16.9.